The van der Waals surface area contributed by atoms with E-state index in [4.69, 9.17) is 0 Å². The van der Waals surface area contributed by atoms with Crippen LogP contribution >= 0.6 is 0 Å². The van der Waals surface area contributed by atoms with E-state index in [1.54, 1.807) is 25.5 Å². The summed E-state index contributed by atoms with van der Waals surface area (Å²) in [4.78, 5) is 16.1. The Kier molecular flexibility index (Phi) is 4.94. The first kappa shape index (κ1) is 13.5. The van der Waals surface area contributed by atoms with E-state index in [1.165, 1.54) is 0 Å². The third-order valence-electron chi connectivity index (χ3n) is 3.19. The first-order valence-electron chi connectivity index (χ1n) is 6.02. The van der Waals surface area contributed by atoms with Crippen molar-refractivity contribution in [2.24, 2.45) is 5.92 Å². The van der Waals surface area contributed by atoms with Crippen LogP contribution in [0.1, 0.15) is 37.6 Å². The topological polar surface area (TPSA) is 54.0 Å². The normalized spacial score (nSPS) is 13.9. The van der Waals surface area contributed by atoms with E-state index >= 15 is 0 Å². The molecule has 0 bridgehead atoms. The molecule has 1 aromatic heterocycles. The van der Waals surface area contributed by atoms with E-state index in [1.807, 2.05) is 6.92 Å². The fourth-order valence-electron chi connectivity index (χ4n) is 1.57. The lowest BCUT2D eigenvalue weighted by Gasteiger charge is -2.20. The molecule has 2 N–H and O–H groups in total. The predicted molar refractivity (Wildman–Crippen MR) is 70.2 cm³/mol. The number of hydrogen-bond acceptors (Lipinski definition) is 3. The van der Waals surface area contributed by atoms with Crippen molar-refractivity contribution in [3.05, 3.63) is 24.0 Å². The summed E-state index contributed by atoms with van der Waals surface area (Å²) >= 11 is 0. The van der Waals surface area contributed by atoms with Crippen LogP contribution < -0.4 is 10.6 Å². The predicted octanol–water partition coefficient (Wildman–Crippen LogP) is 2.29. The molecule has 0 radical (unpaired) electrons. The van der Waals surface area contributed by atoms with Gasteiger partial charge in [-0.1, -0.05) is 20.3 Å². The zero-order chi connectivity index (χ0) is 12.8. The molecular formula is C13H21N3O. The van der Waals surface area contributed by atoms with E-state index in [0.29, 0.717) is 11.5 Å². The van der Waals surface area contributed by atoms with Crippen LogP contribution in [0.5, 0.6) is 0 Å². The molecule has 4 nitrogen and oxygen atoms in total. The molecule has 4 heteroatoms. The number of nitrogens with zero attached hydrogens (tertiary/aromatic N) is 1. The number of anilines is 1. The summed E-state index contributed by atoms with van der Waals surface area (Å²) < 4.78 is 0. The average Bonchev–Trinajstić information content (AvgIpc) is 2.37. The molecule has 0 aliphatic carbocycles. The lowest BCUT2D eigenvalue weighted by Crippen LogP contribution is -2.37. The summed E-state index contributed by atoms with van der Waals surface area (Å²) in [5.41, 5.74) is 1.39. The quantitative estimate of drug-likeness (QED) is 0.823. The third-order valence-corrected chi connectivity index (χ3v) is 3.19. The number of rotatable bonds is 5. The molecule has 2 unspecified atom stereocenters. The van der Waals surface area contributed by atoms with Gasteiger partial charge in [0.2, 0.25) is 0 Å². The Balaban J connectivity index is 2.76. The van der Waals surface area contributed by atoms with Gasteiger partial charge in [0.15, 0.2) is 0 Å². The van der Waals surface area contributed by atoms with Crippen molar-refractivity contribution in [2.45, 2.75) is 33.2 Å². The molecule has 2 atom stereocenters. The van der Waals surface area contributed by atoms with Crippen LogP contribution in [0, 0.1) is 5.92 Å². The van der Waals surface area contributed by atoms with Gasteiger partial charge in [0.1, 0.15) is 0 Å². The van der Waals surface area contributed by atoms with Crippen molar-refractivity contribution < 1.29 is 4.79 Å². The first-order valence-corrected chi connectivity index (χ1v) is 6.02. The Labute approximate surface area is 103 Å². The molecule has 0 spiro atoms. The summed E-state index contributed by atoms with van der Waals surface area (Å²) in [7, 11) is 1.78. The summed E-state index contributed by atoms with van der Waals surface area (Å²) in [6.07, 6.45) is 4.34. The molecular weight excluding hydrogens is 214 g/mol. The molecule has 0 saturated carbocycles. The van der Waals surface area contributed by atoms with Crippen molar-refractivity contribution in [1.82, 2.24) is 10.3 Å². The number of aromatic nitrogens is 1. The van der Waals surface area contributed by atoms with E-state index in [0.717, 1.165) is 12.1 Å². The van der Waals surface area contributed by atoms with Crippen molar-refractivity contribution in [3.63, 3.8) is 0 Å². The van der Waals surface area contributed by atoms with E-state index in [2.05, 4.69) is 29.5 Å². The molecule has 0 saturated heterocycles. The van der Waals surface area contributed by atoms with Gasteiger partial charge in [-0.05, 0) is 18.9 Å². The molecule has 1 rings (SSSR count). The molecule has 17 heavy (non-hydrogen) atoms. The minimum absolute atomic E-state index is 0.0513. The van der Waals surface area contributed by atoms with Crippen molar-refractivity contribution in [3.8, 4) is 0 Å². The van der Waals surface area contributed by atoms with Gasteiger partial charge < -0.3 is 10.6 Å². The van der Waals surface area contributed by atoms with Gasteiger partial charge in [-0.25, -0.2) is 0 Å². The fraction of sp³-hybridized carbons (Fsp3) is 0.538. The molecule has 1 heterocycles. The van der Waals surface area contributed by atoms with Gasteiger partial charge in [0.25, 0.3) is 5.91 Å². The largest absolute Gasteiger partial charge is 0.386 e. The van der Waals surface area contributed by atoms with Crippen LogP contribution in [-0.2, 0) is 0 Å². The molecule has 0 aliphatic rings. The zero-order valence-corrected chi connectivity index (χ0v) is 10.9. The standard InChI is InChI=1S/C13H21N3O/c1-5-9(2)10(3)16-13(17)11-6-7-15-8-12(11)14-4/h6-10,14H,5H2,1-4H3,(H,16,17). The maximum absolute atomic E-state index is 12.1. The smallest absolute Gasteiger partial charge is 0.253 e. The Morgan fingerprint density at radius 3 is 2.76 bits per heavy atom. The lowest BCUT2D eigenvalue weighted by atomic mass is 10.0. The van der Waals surface area contributed by atoms with E-state index in [-0.39, 0.29) is 11.9 Å². The highest BCUT2D eigenvalue weighted by Gasteiger charge is 2.16. The number of nitrogens with one attached hydrogen (secondary N) is 2. The van der Waals surface area contributed by atoms with Gasteiger partial charge in [-0.3, -0.25) is 9.78 Å². The van der Waals surface area contributed by atoms with Gasteiger partial charge in [0, 0.05) is 19.3 Å². The number of amides is 1. The second kappa shape index (κ2) is 6.23. The lowest BCUT2D eigenvalue weighted by molar-refractivity contribution is 0.0929. The van der Waals surface area contributed by atoms with Crippen LogP contribution in [0.2, 0.25) is 0 Å². The van der Waals surface area contributed by atoms with Gasteiger partial charge >= 0.3 is 0 Å². The van der Waals surface area contributed by atoms with Crippen molar-refractivity contribution in [1.29, 1.82) is 0 Å². The molecule has 1 amide bonds. The van der Waals surface area contributed by atoms with Gasteiger partial charge in [0.05, 0.1) is 17.4 Å². The van der Waals surface area contributed by atoms with Crippen molar-refractivity contribution in [2.75, 3.05) is 12.4 Å². The molecule has 0 aliphatic heterocycles. The number of hydrogen-bond donors (Lipinski definition) is 2. The van der Waals surface area contributed by atoms with Crippen LogP contribution in [0.4, 0.5) is 5.69 Å². The molecule has 0 fully saturated rings. The highest BCUT2D eigenvalue weighted by molar-refractivity contribution is 5.99. The van der Waals surface area contributed by atoms with Crippen LogP contribution in [0.15, 0.2) is 18.5 Å². The van der Waals surface area contributed by atoms with E-state index < -0.39 is 0 Å². The number of carbonyl (C=O) groups is 1. The number of carbonyl (C=O) groups excluding carboxylic acids is 1. The molecule has 1 aromatic rings. The highest BCUT2D eigenvalue weighted by Crippen LogP contribution is 2.14. The Morgan fingerprint density at radius 1 is 1.47 bits per heavy atom. The second-order valence-electron chi connectivity index (χ2n) is 4.32. The SMILES string of the molecule is CCC(C)C(C)NC(=O)c1ccncc1NC. The van der Waals surface area contributed by atoms with Gasteiger partial charge in [-0.2, -0.15) is 0 Å². The first-order chi connectivity index (χ1) is 8.10. The molecule has 0 aromatic carbocycles. The monoisotopic (exact) mass is 235 g/mol. The Bertz CT molecular complexity index is 379. The fourth-order valence-corrected chi connectivity index (χ4v) is 1.57. The Hall–Kier alpha value is -1.58. The highest BCUT2D eigenvalue weighted by atomic mass is 16.1. The minimum Gasteiger partial charge on any atom is -0.386 e. The van der Waals surface area contributed by atoms with Gasteiger partial charge in [-0.15, -0.1) is 0 Å². The van der Waals surface area contributed by atoms with Crippen LogP contribution in [-0.4, -0.2) is 24.0 Å². The minimum atomic E-state index is -0.0513. The summed E-state index contributed by atoms with van der Waals surface area (Å²) in [5, 5.41) is 5.98. The Morgan fingerprint density at radius 2 is 2.18 bits per heavy atom. The molecule has 94 valence electrons. The zero-order valence-electron chi connectivity index (χ0n) is 10.9. The third kappa shape index (κ3) is 3.44. The van der Waals surface area contributed by atoms with Crippen LogP contribution in [0.3, 0.4) is 0 Å². The summed E-state index contributed by atoms with van der Waals surface area (Å²) in [6, 6.07) is 1.90. The van der Waals surface area contributed by atoms with E-state index in [9.17, 15) is 4.79 Å². The maximum atomic E-state index is 12.1. The maximum Gasteiger partial charge on any atom is 0.253 e. The van der Waals surface area contributed by atoms with Crippen molar-refractivity contribution >= 4 is 11.6 Å². The second-order valence-corrected chi connectivity index (χ2v) is 4.32. The summed E-state index contributed by atoms with van der Waals surface area (Å²) in [5.74, 6) is 0.420. The summed E-state index contributed by atoms with van der Waals surface area (Å²) in [6.45, 7) is 6.29. The van der Waals surface area contributed by atoms with Crippen LogP contribution in [0.25, 0.3) is 0 Å². The average molecular weight is 235 g/mol. The number of pyridine rings is 1.